The Morgan fingerprint density at radius 1 is 1.32 bits per heavy atom. The Morgan fingerprint density at radius 2 is 2.05 bits per heavy atom. The first-order valence-corrected chi connectivity index (χ1v) is 8.90. The summed E-state index contributed by atoms with van der Waals surface area (Å²) in [5.41, 5.74) is 3.26. The topological polar surface area (TPSA) is 61.2 Å². The van der Waals surface area contributed by atoms with Gasteiger partial charge in [0.25, 0.3) is 0 Å². The molecule has 1 N–H and O–H groups in total. The Kier molecular flexibility index (Phi) is 2.90. The molecule has 2 atom stereocenters. The lowest BCUT2D eigenvalue weighted by Crippen LogP contribution is -2.37. The number of fused-ring (bicyclic) bond motifs is 1. The van der Waals surface area contributed by atoms with Crippen LogP contribution in [0.3, 0.4) is 0 Å². The molecule has 102 valence electrons. The lowest BCUT2D eigenvalue weighted by atomic mass is 10.1. The van der Waals surface area contributed by atoms with Gasteiger partial charge in [-0.05, 0) is 31.0 Å². The van der Waals surface area contributed by atoms with Crippen molar-refractivity contribution in [2.24, 2.45) is 0 Å². The van der Waals surface area contributed by atoms with Crippen molar-refractivity contribution >= 4 is 32.5 Å². The van der Waals surface area contributed by atoms with Crippen LogP contribution in [0.2, 0.25) is 0 Å². The molecular formula is C13H16N2O2S2. The number of rotatable bonds is 1. The van der Waals surface area contributed by atoms with E-state index in [1.807, 2.05) is 36.9 Å². The minimum Gasteiger partial charge on any atom is -0.316 e. The molecule has 0 radical (unpaired) electrons. The van der Waals surface area contributed by atoms with E-state index in [0.29, 0.717) is 5.17 Å². The van der Waals surface area contributed by atoms with E-state index in [1.165, 1.54) is 17.3 Å². The molecule has 2 heterocycles. The van der Waals surface area contributed by atoms with Gasteiger partial charge in [0.2, 0.25) is 0 Å². The van der Waals surface area contributed by atoms with E-state index in [0.717, 1.165) is 11.3 Å². The molecule has 2 aliphatic heterocycles. The highest BCUT2D eigenvalue weighted by atomic mass is 32.2. The Morgan fingerprint density at radius 3 is 2.79 bits per heavy atom. The van der Waals surface area contributed by atoms with Crippen LogP contribution in [0.4, 0.5) is 5.69 Å². The predicted octanol–water partition coefficient (Wildman–Crippen LogP) is 1.96. The van der Waals surface area contributed by atoms with Gasteiger partial charge in [0.1, 0.15) is 0 Å². The van der Waals surface area contributed by atoms with Crippen LogP contribution in [0.1, 0.15) is 11.1 Å². The Bertz CT molecular complexity index is 655. The molecule has 3 rings (SSSR count). The second-order valence-corrected chi connectivity index (χ2v) is 8.58. The van der Waals surface area contributed by atoms with E-state index < -0.39 is 9.84 Å². The third-order valence-corrected chi connectivity index (χ3v) is 7.05. The lowest BCUT2D eigenvalue weighted by molar-refractivity contribution is 0.601. The van der Waals surface area contributed by atoms with Gasteiger partial charge in [-0.3, -0.25) is 5.41 Å². The van der Waals surface area contributed by atoms with Crippen molar-refractivity contribution < 1.29 is 8.42 Å². The van der Waals surface area contributed by atoms with Gasteiger partial charge in [-0.1, -0.05) is 23.9 Å². The summed E-state index contributed by atoms with van der Waals surface area (Å²) in [6.07, 6.45) is 0. The molecule has 6 heteroatoms. The number of amidine groups is 1. The molecule has 4 nitrogen and oxygen atoms in total. The van der Waals surface area contributed by atoms with Crippen molar-refractivity contribution in [3.05, 3.63) is 29.3 Å². The molecule has 0 saturated carbocycles. The van der Waals surface area contributed by atoms with Crippen molar-refractivity contribution in [1.82, 2.24) is 0 Å². The molecule has 1 aromatic rings. The van der Waals surface area contributed by atoms with Crippen LogP contribution in [0.5, 0.6) is 0 Å². The highest BCUT2D eigenvalue weighted by Gasteiger charge is 2.48. The minimum atomic E-state index is -2.95. The summed E-state index contributed by atoms with van der Waals surface area (Å²) >= 11 is 1.39. The third-order valence-electron chi connectivity index (χ3n) is 3.92. The summed E-state index contributed by atoms with van der Waals surface area (Å²) in [5, 5.41) is 8.61. The maximum Gasteiger partial charge on any atom is 0.161 e. The van der Waals surface area contributed by atoms with Gasteiger partial charge in [-0.15, -0.1) is 0 Å². The molecule has 2 aliphatic rings. The van der Waals surface area contributed by atoms with Gasteiger partial charge in [-0.25, -0.2) is 8.42 Å². The first kappa shape index (κ1) is 13.0. The Balaban J connectivity index is 2.05. The van der Waals surface area contributed by atoms with Gasteiger partial charge in [-0.2, -0.15) is 0 Å². The molecule has 1 aromatic carbocycles. The number of hydrogen-bond acceptors (Lipinski definition) is 4. The molecule has 0 amide bonds. The van der Waals surface area contributed by atoms with Gasteiger partial charge >= 0.3 is 0 Å². The van der Waals surface area contributed by atoms with Gasteiger partial charge in [0.05, 0.1) is 17.5 Å². The molecule has 19 heavy (non-hydrogen) atoms. The molecule has 2 saturated heterocycles. The smallest absolute Gasteiger partial charge is 0.161 e. The summed E-state index contributed by atoms with van der Waals surface area (Å²) in [6, 6.07) is 5.90. The largest absolute Gasteiger partial charge is 0.316 e. The number of nitrogens with one attached hydrogen (secondary N) is 1. The van der Waals surface area contributed by atoms with Crippen molar-refractivity contribution in [3.63, 3.8) is 0 Å². The molecule has 0 aliphatic carbocycles. The molecule has 0 aromatic heterocycles. The van der Waals surface area contributed by atoms with Crippen LogP contribution < -0.4 is 4.90 Å². The molecule has 0 unspecified atom stereocenters. The molecule has 0 bridgehead atoms. The van der Waals surface area contributed by atoms with Crippen LogP contribution in [0.25, 0.3) is 0 Å². The minimum absolute atomic E-state index is 0.0115. The highest BCUT2D eigenvalue weighted by molar-refractivity contribution is 8.15. The van der Waals surface area contributed by atoms with Crippen molar-refractivity contribution in [2.45, 2.75) is 25.1 Å². The summed E-state index contributed by atoms with van der Waals surface area (Å²) in [7, 11) is -2.95. The van der Waals surface area contributed by atoms with Crippen molar-refractivity contribution in [1.29, 1.82) is 5.41 Å². The third kappa shape index (κ3) is 2.07. The standard InChI is InChI=1S/C13H16N2O2S2/c1-8-4-3-5-10(9(8)2)15-11-6-19(16,17)7-12(11)18-13(15)14/h3-5,11-12,14H,6-7H2,1-2H3/t11-,12-/m1/s1. The fourth-order valence-corrected chi connectivity index (χ4v) is 6.57. The second-order valence-electron chi connectivity index (χ2n) is 5.19. The number of nitrogens with zero attached hydrogens (tertiary/aromatic N) is 1. The summed E-state index contributed by atoms with van der Waals surface area (Å²) < 4.78 is 23.5. The number of thioether (sulfide) groups is 1. The van der Waals surface area contributed by atoms with Crippen molar-refractivity contribution in [3.8, 4) is 0 Å². The maximum absolute atomic E-state index is 11.8. The second kappa shape index (κ2) is 4.24. The average Bonchev–Trinajstić information content (AvgIpc) is 2.73. The van der Waals surface area contributed by atoms with Crippen LogP contribution in [0.15, 0.2) is 18.2 Å². The molecular weight excluding hydrogens is 280 g/mol. The fourth-order valence-electron chi connectivity index (χ4n) is 2.79. The first-order chi connectivity index (χ1) is 8.89. The maximum atomic E-state index is 11.8. The van der Waals surface area contributed by atoms with E-state index in [9.17, 15) is 8.42 Å². The van der Waals surface area contributed by atoms with Crippen LogP contribution in [-0.4, -0.2) is 36.4 Å². The fraction of sp³-hybridized carbons (Fsp3) is 0.462. The summed E-state index contributed by atoms with van der Waals surface area (Å²) in [5.74, 6) is 0.368. The Hall–Kier alpha value is -1.01. The van der Waals surface area contributed by atoms with Crippen molar-refractivity contribution in [2.75, 3.05) is 16.4 Å². The van der Waals surface area contributed by atoms with E-state index in [2.05, 4.69) is 0 Å². The Labute approximate surface area is 117 Å². The zero-order valence-corrected chi connectivity index (χ0v) is 12.5. The van der Waals surface area contributed by atoms with Gasteiger partial charge in [0, 0.05) is 10.9 Å². The van der Waals surface area contributed by atoms with E-state index in [-0.39, 0.29) is 22.8 Å². The monoisotopic (exact) mass is 296 g/mol. The average molecular weight is 296 g/mol. The first-order valence-electron chi connectivity index (χ1n) is 6.20. The predicted molar refractivity (Wildman–Crippen MR) is 79.9 cm³/mol. The number of anilines is 1. The zero-order chi connectivity index (χ0) is 13.8. The van der Waals surface area contributed by atoms with Gasteiger partial charge in [0.15, 0.2) is 15.0 Å². The lowest BCUT2D eigenvalue weighted by Gasteiger charge is -2.26. The highest BCUT2D eigenvalue weighted by Crippen LogP contribution is 2.41. The number of hydrogen-bond donors (Lipinski definition) is 1. The van der Waals surface area contributed by atoms with E-state index in [4.69, 9.17) is 5.41 Å². The van der Waals surface area contributed by atoms with Crippen LogP contribution in [-0.2, 0) is 9.84 Å². The molecule has 0 spiro atoms. The van der Waals surface area contributed by atoms with Crippen LogP contribution >= 0.6 is 11.8 Å². The normalized spacial score (nSPS) is 28.7. The summed E-state index contributed by atoms with van der Waals surface area (Å²) in [6.45, 7) is 4.06. The number of sulfone groups is 1. The number of benzene rings is 1. The van der Waals surface area contributed by atoms with Crippen LogP contribution in [0, 0.1) is 19.3 Å². The summed E-state index contributed by atoms with van der Waals surface area (Å²) in [4.78, 5) is 1.90. The molecule has 2 fully saturated rings. The van der Waals surface area contributed by atoms with Gasteiger partial charge < -0.3 is 4.90 Å². The number of aryl methyl sites for hydroxylation is 1. The quantitative estimate of drug-likeness (QED) is 0.860. The SMILES string of the molecule is Cc1cccc(N2C(=N)S[C@@H]3CS(=O)(=O)C[C@H]32)c1C. The van der Waals surface area contributed by atoms with E-state index in [1.54, 1.807) is 0 Å². The van der Waals surface area contributed by atoms with E-state index >= 15 is 0 Å². The zero-order valence-electron chi connectivity index (χ0n) is 10.9.